The Hall–Kier alpha value is -0.120. The van der Waals surface area contributed by atoms with Crippen LogP contribution in [0.5, 0.6) is 0 Å². The van der Waals surface area contributed by atoms with Gasteiger partial charge in [0.25, 0.3) is 0 Å². The maximum absolute atomic E-state index is 6.06. The van der Waals surface area contributed by atoms with Crippen molar-refractivity contribution in [2.45, 2.75) is 51.7 Å². The second kappa shape index (κ2) is 5.69. The van der Waals surface area contributed by atoms with Gasteiger partial charge in [-0.15, -0.1) is 0 Å². The van der Waals surface area contributed by atoms with E-state index >= 15 is 0 Å². The van der Waals surface area contributed by atoms with Crippen molar-refractivity contribution in [3.05, 3.63) is 0 Å². The molecule has 1 saturated heterocycles. The molecular formula is C11H25N3. The molecule has 0 bridgehead atoms. The SMILES string of the molecule is CCCC(N)CN1CC(C)NCC1C. The Morgan fingerprint density at radius 1 is 1.50 bits per heavy atom. The fourth-order valence-corrected chi connectivity index (χ4v) is 2.11. The molecule has 0 aromatic heterocycles. The van der Waals surface area contributed by atoms with Crippen LogP contribution < -0.4 is 11.1 Å². The molecule has 3 heteroatoms. The van der Waals surface area contributed by atoms with Gasteiger partial charge in [0.2, 0.25) is 0 Å². The fraction of sp³-hybridized carbons (Fsp3) is 1.00. The predicted molar refractivity (Wildman–Crippen MR) is 61.4 cm³/mol. The Morgan fingerprint density at radius 3 is 2.86 bits per heavy atom. The molecule has 0 aromatic rings. The number of rotatable bonds is 4. The number of hydrogen-bond donors (Lipinski definition) is 2. The largest absolute Gasteiger partial charge is 0.327 e. The molecule has 1 fully saturated rings. The van der Waals surface area contributed by atoms with E-state index in [4.69, 9.17) is 5.73 Å². The zero-order valence-corrected chi connectivity index (χ0v) is 9.79. The van der Waals surface area contributed by atoms with E-state index in [-0.39, 0.29) is 0 Å². The Labute approximate surface area is 88.0 Å². The second-order valence-corrected chi connectivity index (χ2v) is 4.66. The summed E-state index contributed by atoms with van der Waals surface area (Å²) >= 11 is 0. The van der Waals surface area contributed by atoms with E-state index in [2.05, 4.69) is 31.0 Å². The molecule has 0 amide bonds. The summed E-state index contributed by atoms with van der Waals surface area (Å²) in [7, 11) is 0. The summed E-state index contributed by atoms with van der Waals surface area (Å²) in [6, 6.07) is 1.60. The molecule has 1 heterocycles. The Morgan fingerprint density at radius 2 is 2.21 bits per heavy atom. The molecule has 14 heavy (non-hydrogen) atoms. The van der Waals surface area contributed by atoms with Gasteiger partial charge in [0.1, 0.15) is 0 Å². The minimum Gasteiger partial charge on any atom is -0.327 e. The van der Waals surface area contributed by atoms with Gasteiger partial charge in [-0.25, -0.2) is 0 Å². The molecule has 1 aliphatic rings. The van der Waals surface area contributed by atoms with Crippen LogP contribution in [0.4, 0.5) is 0 Å². The molecule has 0 aromatic carbocycles. The van der Waals surface area contributed by atoms with Crippen LogP contribution in [0.1, 0.15) is 33.6 Å². The lowest BCUT2D eigenvalue weighted by Crippen LogP contribution is -2.56. The van der Waals surface area contributed by atoms with Crippen LogP contribution in [-0.4, -0.2) is 42.7 Å². The standard InChI is InChI=1S/C11H25N3/c1-4-5-11(12)8-14-7-9(2)13-6-10(14)3/h9-11,13H,4-8,12H2,1-3H3. The van der Waals surface area contributed by atoms with E-state index in [1.165, 1.54) is 6.42 Å². The van der Waals surface area contributed by atoms with Crippen molar-refractivity contribution in [1.82, 2.24) is 10.2 Å². The first-order valence-corrected chi connectivity index (χ1v) is 5.86. The van der Waals surface area contributed by atoms with Gasteiger partial charge in [-0.1, -0.05) is 13.3 Å². The van der Waals surface area contributed by atoms with Crippen molar-refractivity contribution in [2.75, 3.05) is 19.6 Å². The van der Waals surface area contributed by atoms with Crippen LogP contribution in [0.25, 0.3) is 0 Å². The lowest BCUT2D eigenvalue weighted by atomic mass is 10.1. The minimum absolute atomic E-state index is 0.354. The molecule has 3 unspecified atom stereocenters. The third kappa shape index (κ3) is 3.56. The summed E-state index contributed by atoms with van der Waals surface area (Å²) < 4.78 is 0. The molecule has 3 N–H and O–H groups in total. The average molecular weight is 199 g/mol. The smallest absolute Gasteiger partial charge is 0.0193 e. The van der Waals surface area contributed by atoms with E-state index in [1.54, 1.807) is 0 Å². The van der Waals surface area contributed by atoms with Crippen molar-refractivity contribution < 1.29 is 0 Å². The summed E-state index contributed by atoms with van der Waals surface area (Å²) in [4.78, 5) is 2.52. The molecule has 1 rings (SSSR count). The molecule has 0 spiro atoms. The summed E-state index contributed by atoms with van der Waals surface area (Å²) in [5.74, 6) is 0. The highest BCUT2D eigenvalue weighted by Gasteiger charge is 2.23. The second-order valence-electron chi connectivity index (χ2n) is 4.66. The van der Waals surface area contributed by atoms with Gasteiger partial charge in [0.15, 0.2) is 0 Å². The molecule has 0 saturated carbocycles. The minimum atomic E-state index is 0.354. The first-order valence-electron chi connectivity index (χ1n) is 5.86. The van der Waals surface area contributed by atoms with Gasteiger partial charge >= 0.3 is 0 Å². The van der Waals surface area contributed by atoms with Gasteiger partial charge in [-0.2, -0.15) is 0 Å². The molecule has 0 radical (unpaired) electrons. The van der Waals surface area contributed by atoms with Crippen molar-refractivity contribution >= 4 is 0 Å². The molecule has 3 nitrogen and oxygen atoms in total. The van der Waals surface area contributed by atoms with E-state index in [1.807, 2.05) is 0 Å². The Kier molecular flexibility index (Phi) is 4.85. The van der Waals surface area contributed by atoms with E-state index in [0.717, 1.165) is 26.1 Å². The summed E-state index contributed by atoms with van der Waals surface area (Å²) in [6.45, 7) is 10.0. The maximum Gasteiger partial charge on any atom is 0.0193 e. The monoisotopic (exact) mass is 199 g/mol. The van der Waals surface area contributed by atoms with Crippen LogP contribution in [0.15, 0.2) is 0 Å². The van der Waals surface area contributed by atoms with Gasteiger partial charge in [0.05, 0.1) is 0 Å². The van der Waals surface area contributed by atoms with Gasteiger partial charge < -0.3 is 11.1 Å². The topological polar surface area (TPSA) is 41.3 Å². The summed E-state index contributed by atoms with van der Waals surface area (Å²) in [5, 5.41) is 3.48. The molecule has 84 valence electrons. The van der Waals surface area contributed by atoms with Crippen LogP contribution >= 0.6 is 0 Å². The Bertz CT molecular complexity index is 161. The maximum atomic E-state index is 6.06. The Balaban J connectivity index is 2.33. The third-order valence-electron chi connectivity index (χ3n) is 3.02. The van der Waals surface area contributed by atoms with Crippen LogP contribution in [-0.2, 0) is 0 Å². The highest BCUT2D eigenvalue weighted by atomic mass is 15.2. The van der Waals surface area contributed by atoms with E-state index < -0.39 is 0 Å². The first kappa shape index (κ1) is 12.0. The van der Waals surface area contributed by atoms with Crippen molar-refractivity contribution in [2.24, 2.45) is 5.73 Å². The molecule has 3 atom stereocenters. The van der Waals surface area contributed by atoms with Gasteiger partial charge in [-0.3, -0.25) is 4.90 Å². The summed E-state index contributed by atoms with van der Waals surface area (Å²) in [5.41, 5.74) is 6.06. The third-order valence-corrected chi connectivity index (χ3v) is 3.02. The average Bonchev–Trinajstić information content (AvgIpc) is 2.12. The van der Waals surface area contributed by atoms with Crippen LogP contribution in [0.3, 0.4) is 0 Å². The zero-order valence-electron chi connectivity index (χ0n) is 9.79. The van der Waals surface area contributed by atoms with E-state index in [0.29, 0.717) is 18.1 Å². The molecule has 1 aliphatic heterocycles. The summed E-state index contributed by atoms with van der Waals surface area (Å²) in [6.07, 6.45) is 2.34. The quantitative estimate of drug-likeness (QED) is 0.703. The lowest BCUT2D eigenvalue weighted by Gasteiger charge is -2.38. The lowest BCUT2D eigenvalue weighted by molar-refractivity contribution is 0.136. The van der Waals surface area contributed by atoms with E-state index in [9.17, 15) is 0 Å². The van der Waals surface area contributed by atoms with Gasteiger partial charge in [0, 0.05) is 37.8 Å². The van der Waals surface area contributed by atoms with Crippen molar-refractivity contribution in [3.8, 4) is 0 Å². The number of nitrogens with two attached hydrogens (primary N) is 1. The molecular weight excluding hydrogens is 174 g/mol. The van der Waals surface area contributed by atoms with Crippen LogP contribution in [0, 0.1) is 0 Å². The molecule has 0 aliphatic carbocycles. The number of piperazine rings is 1. The van der Waals surface area contributed by atoms with Gasteiger partial charge in [-0.05, 0) is 20.3 Å². The first-order chi connectivity index (χ1) is 6.63. The van der Waals surface area contributed by atoms with Crippen molar-refractivity contribution in [3.63, 3.8) is 0 Å². The fourth-order valence-electron chi connectivity index (χ4n) is 2.11. The highest BCUT2D eigenvalue weighted by molar-refractivity contribution is 4.83. The van der Waals surface area contributed by atoms with Crippen LogP contribution in [0.2, 0.25) is 0 Å². The number of hydrogen-bond acceptors (Lipinski definition) is 3. The predicted octanol–water partition coefficient (Wildman–Crippen LogP) is 0.796. The zero-order chi connectivity index (χ0) is 10.6. The number of nitrogens with zero attached hydrogens (tertiary/aromatic N) is 1. The normalized spacial score (nSPS) is 31.7. The number of nitrogens with one attached hydrogen (secondary N) is 1. The highest BCUT2D eigenvalue weighted by Crippen LogP contribution is 2.08. The van der Waals surface area contributed by atoms with Crippen molar-refractivity contribution in [1.29, 1.82) is 0 Å².